The normalized spacial score (nSPS) is 12.9. The molecule has 1 aromatic carbocycles. The molecule has 7 heteroatoms. The summed E-state index contributed by atoms with van der Waals surface area (Å²) in [5.41, 5.74) is -1.15. The molecule has 0 saturated heterocycles. The Morgan fingerprint density at radius 2 is 2.05 bits per heavy atom. The molecule has 0 aliphatic heterocycles. The molecule has 0 saturated carbocycles. The van der Waals surface area contributed by atoms with Crippen molar-refractivity contribution in [3.05, 3.63) is 29.3 Å². The third-order valence-electron chi connectivity index (χ3n) is 2.66. The van der Waals surface area contributed by atoms with E-state index in [1.807, 2.05) is 0 Å². The number of alkyl halides is 3. The van der Waals surface area contributed by atoms with Gasteiger partial charge in [0.25, 0.3) is 5.91 Å². The van der Waals surface area contributed by atoms with Gasteiger partial charge in [-0.3, -0.25) is 4.79 Å². The van der Waals surface area contributed by atoms with Crippen LogP contribution >= 0.6 is 0 Å². The maximum atomic E-state index is 12.9. The van der Waals surface area contributed by atoms with Gasteiger partial charge < -0.3 is 15.4 Å². The van der Waals surface area contributed by atoms with Crippen molar-refractivity contribution in [2.45, 2.75) is 19.1 Å². The Morgan fingerprint density at radius 3 is 2.55 bits per heavy atom. The molecular weight excluding hydrogens is 273 g/mol. The van der Waals surface area contributed by atoms with Crippen molar-refractivity contribution in [1.82, 2.24) is 5.32 Å². The van der Waals surface area contributed by atoms with Crippen molar-refractivity contribution in [2.75, 3.05) is 26.1 Å². The quantitative estimate of drug-likeness (QED) is 0.876. The Kier molecular flexibility index (Phi) is 5.38. The summed E-state index contributed by atoms with van der Waals surface area (Å²) >= 11 is 0. The number of halogens is 3. The Balaban J connectivity index is 3.09. The molecule has 112 valence electrons. The number of rotatable bonds is 5. The lowest BCUT2D eigenvalue weighted by atomic mass is 10.1. The van der Waals surface area contributed by atoms with E-state index in [-0.39, 0.29) is 23.9 Å². The molecule has 0 aliphatic carbocycles. The van der Waals surface area contributed by atoms with Gasteiger partial charge in [0.2, 0.25) is 0 Å². The van der Waals surface area contributed by atoms with E-state index in [2.05, 4.69) is 10.6 Å². The highest BCUT2D eigenvalue weighted by atomic mass is 19.4. The standard InChI is InChI=1S/C13H17F3N2O2/c1-8(7-20-3)18-12(19)9-5-4-6-10(11(9)17-2)13(14,15)16/h4-6,8,17H,7H2,1-3H3,(H,18,19). The highest BCUT2D eigenvalue weighted by Gasteiger charge is 2.35. The molecule has 2 N–H and O–H groups in total. The summed E-state index contributed by atoms with van der Waals surface area (Å²) in [4.78, 5) is 12.0. The highest BCUT2D eigenvalue weighted by molar-refractivity contribution is 6.00. The average molecular weight is 290 g/mol. The summed E-state index contributed by atoms with van der Waals surface area (Å²) in [5, 5.41) is 5.02. The minimum absolute atomic E-state index is 0.0507. The average Bonchev–Trinajstić information content (AvgIpc) is 2.36. The first-order valence-corrected chi connectivity index (χ1v) is 5.99. The highest BCUT2D eigenvalue weighted by Crippen LogP contribution is 2.36. The van der Waals surface area contributed by atoms with Crippen LogP contribution in [0.1, 0.15) is 22.8 Å². The summed E-state index contributed by atoms with van der Waals surface area (Å²) < 4.78 is 43.5. The van der Waals surface area contributed by atoms with Crippen molar-refractivity contribution < 1.29 is 22.7 Å². The number of carbonyl (C=O) groups excluding carboxylic acids is 1. The number of amides is 1. The second-order valence-corrected chi connectivity index (χ2v) is 4.31. The van der Waals surface area contributed by atoms with Crippen LogP contribution in [0.25, 0.3) is 0 Å². The van der Waals surface area contributed by atoms with Gasteiger partial charge in [0.1, 0.15) is 0 Å². The van der Waals surface area contributed by atoms with E-state index in [4.69, 9.17) is 4.74 Å². The largest absolute Gasteiger partial charge is 0.418 e. The molecule has 0 bridgehead atoms. The molecule has 1 amide bonds. The van der Waals surface area contributed by atoms with E-state index < -0.39 is 17.6 Å². The van der Waals surface area contributed by atoms with Crippen LogP contribution in [0, 0.1) is 0 Å². The number of hydrogen-bond donors (Lipinski definition) is 2. The maximum absolute atomic E-state index is 12.9. The van der Waals surface area contributed by atoms with Crippen molar-refractivity contribution in [3.63, 3.8) is 0 Å². The molecule has 4 nitrogen and oxygen atoms in total. The molecule has 0 fully saturated rings. The number of methoxy groups -OCH3 is 1. The van der Waals surface area contributed by atoms with Gasteiger partial charge in [0, 0.05) is 20.2 Å². The van der Waals surface area contributed by atoms with Gasteiger partial charge >= 0.3 is 6.18 Å². The van der Waals surface area contributed by atoms with Crippen molar-refractivity contribution in [1.29, 1.82) is 0 Å². The van der Waals surface area contributed by atoms with Crippen LogP contribution in [-0.2, 0) is 10.9 Å². The molecule has 0 heterocycles. The van der Waals surface area contributed by atoms with Gasteiger partial charge in [0.15, 0.2) is 0 Å². The van der Waals surface area contributed by atoms with E-state index in [1.54, 1.807) is 6.92 Å². The van der Waals surface area contributed by atoms with Crippen LogP contribution in [0.4, 0.5) is 18.9 Å². The number of benzene rings is 1. The Bertz CT molecular complexity index is 475. The first-order chi connectivity index (χ1) is 9.31. The zero-order valence-corrected chi connectivity index (χ0v) is 11.5. The molecular formula is C13H17F3N2O2. The second-order valence-electron chi connectivity index (χ2n) is 4.31. The van der Waals surface area contributed by atoms with Crippen LogP contribution in [0.15, 0.2) is 18.2 Å². The third kappa shape index (κ3) is 3.86. The van der Waals surface area contributed by atoms with E-state index in [0.717, 1.165) is 6.07 Å². The van der Waals surface area contributed by atoms with Crippen molar-refractivity contribution in [3.8, 4) is 0 Å². The maximum Gasteiger partial charge on any atom is 0.418 e. The summed E-state index contributed by atoms with van der Waals surface area (Å²) in [6, 6.07) is 3.18. The number of hydrogen-bond acceptors (Lipinski definition) is 3. The fraction of sp³-hybridized carbons (Fsp3) is 0.462. The third-order valence-corrected chi connectivity index (χ3v) is 2.66. The molecule has 0 radical (unpaired) electrons. The van der Waals surface area contributed by atoms with Gasteiger partial charge in [0.05, 0.1) is 23.4 Å². The van der Waals surface area contributed by atoms with Gasteiger partial charge in [-0.15, -0.1) is 0 Å². The first-order valence-electron chi connectivity index (χ1n) is 5.99. The number of anilines is 1. The van der Waals surface area contributed by atoms with E-state index in [0.29, 0.717) is 0 Å². The van der Waals surface area contributed by atoms with Crippen molar-refractivity contribution in [2.24, 2.45) is 0 Å². The Labute approximate surface area is 115 Å². The summed E-state index contributed by atoms with van der Waals surface area (Å²) in [7, 11) is 2.83. The SMILES string of the molecule is CNc1c(C(=O)NC(C)COC)cccc1C(F)(F)F. The molecule has 1 atom stereocenters. The minimum Gasteiger partial charge on any atom is -0.387 e. The number of carbonyl (C=O) groups is 1. The number of ether oxygens (including phenoxy) is 1. The molecule has 1 unspecified atom stereocenters. The van der Waals surface area contributed by atoms with Gasteiger partial charge in [-0.2, -0.15) is 13.2 Å². The minimum atomic E-state index is -4.52. The first kappa shape index (κ1) is 16.3. The van der Waals surface area contributed by atoms with Crippen LogP contribution in [-0.4, -0.2) is 32.7 Å². The number of nitrogens with one attached hydrogen (secondary N) is 2. The van der Waals surface area contributed by atoms with E-state index >= 15 is 0 Å². The molecule has 0 aromatic heterocycles. The topological polar surface area (TPSA) is 50.4 Å². The van der Waals surface area contributed by atoms with E-state index in [9.17, 15) is 18.0 Å². The predicted octanol–water partition coefficient (Wildman–Crippen LogP) is 2.51. The fourth-order valence-corrected chi connectivity index (χ4v) is 1.84. The second kappa shape index (κ2) is 6.60. The lowest BCUT2D eigenvalue weighted by Gasteiger charge is -2.18. The summed E-state index contributed by atoms with van der Waals surface area (Å²) in [5.74, 6) is -0.579. The lowest BCUT2D eigenvalue weighted by molar-refractivity contribution is -0.136. The zero-order valence-electron chi connectivity index (χ0n) is 11.5. The Morgan fingerprint density at radius 1 is 1.40 bits per heavy atom. The lowest BCUT2D eigenvalue weighted by Crippen LogP contribution is -2.36. The van der Waals surface area contributed by atoms with Gasteiger partial charge in [-0.05, 0) is 19.1 Å². The summed E-state index contributed by atoms with van der Waals surface area (Å²) in [6.45, 7) is 1.98. The fourth-order valence-electron chi connectivity index (χ4n) is 1.84. The van der Waals surface area contributed by atoms with E-state index in [1.165, 1.54) is 26.3 Å². The van der Waals surface area contributed by atoms with Crippen LogP contribution in [0.2, 0.25) is 0 Å². The molecule has 20 heavy (non-hydrogen) atoms. The summed E-state index contributed by atoms with van der Waals surface area (Å²) in [6.07, 6.45) is -4.52. The van der Waals surface area contributed by atoms with Gasteiger partial charge in [-0.1, -0.05) is 6.07 Å². The van der Waals surface area contributed by atoms with Crippen LogP contribution in [0.3, 0.4) is 0 Å². The zero-order chi connectivity index (χ0) is 15.3. The smallest absolute Gasteiger partial charge is 0.387 e. The molecule has 1 aromatic rings. The monoisotopic (exact) mass is 290 g/mol. The predicted molar refractivity (Wildman–Crippen MR) is 69.8 cm³/mol. The molecule has 1 rings (SSSR count). The Hall–Kier alpha value is -1.76. The van der Waals surface area contributed by atoms with Crippen molar-refractivity contribution >= 4 is 11.6 Å². The van der Waals surface area contributed by atoms with Crippen LogP contribution in [0.5, 0.6) is 0 Å². The van der Waals surface area contributed by atoms with Crippen LogP contribution < -0.4 is 10.6 Å². The molecule has 0 aliphatic rings. The number of para-hydroxylation sites is 1. The van der Waals surface area contributed by atoms with Gasteiger partial charge in [-0.25, -0.2) is 0 Å². The molecule has 0 spiro atoms.